The van der Waals surface area contributed by atoms with E-state index in [4.69, 9.17) is 0 Å². The quantitative estimate of drug-likeness (QED) is 0.425. The fraction of sp³-hybridized carbons (Fsp3) is 0.800. The van der Waals surface area contributed by atoms with Crippen LogP contribution in [0.1, 0.15) is 39.0 Å². The predicted octanol–water partition coefficient (Wildman–Crippen LogP) is -0.940. The third-order valence-electron chi connectivity index (χ3n) is 2.52. The van der Waals surface area contributed by atoms with E-state index in [-0.39, 0.29) is 18.9 Å². The fourth-order valence-electron chi connectivity index (χ4n) is 1.69. The second-order valence-corrected chi connectivity index (χ2v) is 3.71. The number of rotatable bonds is 3. The predicted molar refractivity (Wildman–Crippen MR) is 50.5 cm³/mol. The molecule has 0 atom stereocenters. The van der Waals surface area contributed by atoms with Gasteiger partial charge in [0.25, 0.3) is 0 Å². The van der Waals surface area contributed by atoms with Crippen LogP contribution in [-0.4, -0.2) is 18.2 Å². The van der Waals surface area contributed by atoms with Crippen molar-refractivity contribution < 1.29 is 28.4 Å². The number of ketones is 1. The molecule has 1 fully saturated rings. The van der Waals surface area contributed by atoms with E-state index in [1.165, 1.54) is 26.2 Å². The summed E-state index contributed by atoms with van der Waals surface area (Å²) in [6.07, 6.45) is 6.11. The van der Waals surface area contributed by atoms with E-state index in [9.17, 15) is 9.59 Å². The molecule has 3 nitrogen and oxygen atoms in total. The van der Waals surface area contributed by atoms with Crippen molar-refractivity contribution in [3.8, 4) is 0 Å². The number of Topliss-reactive ketones (excluding diaryl/α,β-unsaturated/α-hetero) is 1. The molecule has 0 aromatic heterocycles. The Balaban J connectivity index is 0.00000169. The Hall–Kier alpha value is -0.263. The van der Waals surface area contributed by atoms with Crippen LogP contribution in [0.15, 0.2) is 0 Å². The molecule has 1 amide bonds. The summed E-state index contributed by atoms with van der Waals surface area (Å²) in [5.74, 6) is -0.474. The maximum Gasteiger partial charge on any atom is 1.00 e. The van der Waals surface area contributed by atoms with Gasteiger partial charge in [0.05, 0.1) is 0 Å². The average Bonchev–Trinajstić information content (AvgIpc) is 2.15. The molecule has 1 aliphatic rings. The molecule has 0 spiro atoms. The monoisotopic (exact) mass is 189 g/mol. The summed E-state index contributed by atoms with van der Waals surface area (Å²) in [7, 11) is 0. The van der Waals surface area contributed by atoms with Gasteiger partial charge in [-0.25, -0.2) is 0 Å². The van der Waals surface area contributed by atoms with E-state index in [2.05, 4.69) is 5.32 Å². The molecule has 0 heterocycles. The van der Waals surface area contributed by atoms with E-state index in [0.717, 1.165) is 12.8 Å². The summed E-state index contributed by atoms with van der Waals surface area (Å²) in [4.78, 5) is 21.4. The van der Waals surface area contributed by atoms with Gasteiger partial charge in [-0.3, -0.25) is 4.79 Å². The van der Waals surface area contributed by atoms with Gasteiger partial charge in [0.1, 0.15) is 5.91 Å². The van der Waals surface area contributed by atoms with Crippen LogP contribution in [0, 0.1) is 5.92 Å². The van der Waals surface area contributed by atoms with E-state index in [1.807, 2.05) is 0 Å². The fourth-order valence-corrected chi connectivity index (χ4v) is 1.69. The van der Waals surface area contributed by atoms with Crippen LogP contribution in [0.25, 0.3) is 5.32 Å². The van der Waals surface area contributed by atoms with Crippen LogP contribution < -0.4 is 18.9 Å². The maximum absolute atomic E-state index is 10.9. The van der Waals surface area contributed by atoms with Crippen molar-refractivity contribution in [2.45, 2.75) is 39.0 Å². The zero-order chi connectivity index (χ0) is 9.68. The molecule has 0 N–H and O–H groups in total. The average molecular weight is 189 g/mol. The maximum atomic E-state index is 10.9. The number of amides is 1. The zero-order valence-corrected chi connectivity index (χ0v) is 9.08. The molecule has 0 radical (unpaired) electrons. The van der Waals surface area contributed by atoms with Gasteiger partial charge >= 0.3 is 18.9 Å². The number of carbonyl (C=O) groups is 2. The molecule has 1 rings (SSSR count). The van der Waals surface area contributed by atoms with Gasteiger partial charge in [0, 0.05) is 6.92 Å². The SMILES string of the molecule is CC(=O)C(=O)[N-]CC1CCCCC1.[Li+]. The molecule has 0 saturated heterocycles. The van der Waals surface area contributed by atoms with Crippen molar-refractivity contribution in [3.63, 3.8) is 0 Å². The van der Waals surface area contributed by atoms with E-state index < -0.39 is 11.7 Å². The summed E-state index contributed by atoms with van der Waals surface area (Å²) in [6, 6.07) is 0. The van der Waals surface area contributed by atoms with Crippen LogP contribution in [0.3, 0.4) is 0 Å². The van der Waals surface area contributed by atoms with Gasteiger partial charge < -0.3 is 10.1 Å². The van der Waals surface area contributed by atoms with Crippen molar-refractivity contribution in [1.82, 2.24) is 0 Å². The van der Waals surface area contributed by atoms with Gasteiger partial charge in [0.15, 0.2) is 5.78 Å². The first-order valence-corrected chi connectivity index (χ1v) is 4.92. The Kier molecular flexibility index (Phi) is 6.95. The molecule has 1 saturated carbocycles. The molecular weight excluding hydrogens is 173 g/mol. The Morgan fingerprint density at radius 1 is 1.21 bits per heavy atom. The number of nitrogens with zero attached hydrogens (tertiary/aromatic N) is 1. The van der Waals surface area contributed by atoms with Crippen LogP contribution in [0.5, 0.6) is 0 Å². The first-order chi connectivity index (χ1) is 6.20. The van der Waals surface area contributed by atoms with E-state index in [0.29, 0.717) is 12.5 Å². The normalized spacial score (nSPS) is 16.9. The van der Waals surface area contributed by atoms with Crippen molar-refractivity contribution in [2.24, 2.45) is 5.92 Å². The molecule has 14 heavy (non-hydrogen) atoms. The molecule has 0 aromatic rings. The molecule has 0 bridgehead atoms. The van der Waals surface area contributed by atoms with Crippen LogP contribution in [0.4, 0.5) is 0 Å². The molecular formula is C10H16LiNO2. The van der Waals surface area contributed by atoms with Crippen molar-refractivity contribution in [2.75, 3.05) is 6.54 Å². The second kappa shape index (κ2) is 7.09. The molecule has 74 valence electrons. The number of hydrogen-bond donors (Lipinski definition) is 0. The minimum Gasteiger partial charge on any atom is -0.646 e. The first kappa shape index (κ1) is 13.7. The Morgan fingerprint density at radius 3 is 2.29 bits per heavy atom. The Morgan fingerprint density at radius 2 is 1.79 bits per heavy atom. The molecule has 4 heteroatoms. The largest absolute Gasteiger partial charge is 1.00 e. The number of hydrogen-bond acceptors (Lipinski definition) is 2. The van der Waals surface area contributed by atoms with Crippen LogP contribution >= 0.6 is 0 Å². The Bertz CT molecular complexity index is 200. The summed E-state index contributed by atoms with van der Waals surface area (Å²) < 4.78 is 0. The van der Waals surface area contributed by atoms with Crippen LogP contribution in [0.2, 0.25) is 0 Å². The van der Waals surface area contributed by atoms with Gasteiger partial charge in [-0.05, 0) is 0 Å². The summed E-state index contributed by atoms with van der Waals surface area (Å²) in [5.41, 5.74) is 0. The van der Waals surface area contributed by atoms with Gasteiger partial charge in [-0.1, -0.05) is 38.0 Å². The van der Waals surface area contributed by atoms with E-state index in [1.54, 1.807) is 0 Å². The zero-order valence-electron chi connectivity index (χ0n) is 9.08. The smallest absolute Gasteiger partial charge is 0.646 e. The van der Waals surface area contributed by atoms with E-state index >= 15 is 0 Å². The molecule has 0 aromatic carbocycles. The third-order valence-corrected chi connectivity index (χ3v) is 2.52. The molecule has 1 aliphatic carbocycles. The first-order valence-electron chi connectivity index (χ1n) is 4.92. The van der Waals surface area contributed by atoms with Crippen molar-refractivity contribution >= 4 is 11.7 Å². The summed E-state index contributed by atoms with van der Waals surface area (Å²) >= 11 is 0. The Labute approximate surface area is 97.2 Å². The standard InChI is InChI=1S/C10H17NO2.Li/c1-8(12)10(13)11-7-9-5-3-2-4-6-9;/h9H,2-7H2,1H3,(H,11,13);/q;+1/p-1. The van der Waals surface area contributed by atoms with Crippen molar-refractivity contribution in [3.05, 3.63) is 5.32 Å². The summed E-state index contributed by atoms with van der Waals surface area (Å²) in [5, 5.41) is 3.76. The molecule has 0 unspecified atom stereocenters. The van der Waals surface area contributed by atoms with Gasteiger partial charge in [-0.15, -0.1) is 6.54 Å². The van der Waals surface area contributed by atoms with Crippen LogP contribution in [-0.2, 0) is 9.59 Å². The van der Waals surface area contributed by atoms with Gasteiger partial charge in [0.2, 0.25) is 0 Å². The number of carbonyl (C=O) groups excluding carboxylic acids is 2. The van der Waals surface area contributed by atoms with Crippen molar-refractivity contribution in [1.29, 1.82) is 0 Å². The topological polar surface area (TPSA) is 48.2 Å². The third kappa shape index (κ3) is 4.83. The minimum absolute atomic E-state index is 0. The van der Waals surface area contributed by atoms with Gasteiger partial charge in [-0.2, -0.15) is 0 Å². The summed E-state index contributed by atoms with van der Waals surface area (Å²) in [6.45, 7) is 1.82. The minimum atomic E-state index is -0.564. The molecule has 0 aliphatic heterocycles. The second-order valence-electron chi connectivity index (χ2n) is 3.71.